The summed E-state index contributed by atoms with van der Waals surface area (Å²) >= 11 is 12.3. The van der Waals surface area contributed by atoms with E-state index in [-0.39, 0.29) is 30.7 Å². The molecule has 1 atom stereocenters. The highest BCUT2D eigenvalue weighted by Crippen LogP contribution is 2.30. The van der Waals surface area contributed by atoms with Gasteiger partial charge >= 0.3 is 0 Å². The van der Waals surface area contributed by atoms with Crippen LogP contribution >= 0.6 is 48.0 Å². The Morgan fingerprint density at radius 1 is 1.28 bits per heavy atom. The number of hydrogen-bond donors (Lipinski definition) is 2. The van der Waals surface area contributed by atoms with Gasteiger partial charge in [-0.3, -0.25) is 9.69 Å². The van der Waals surface area contributed by atoms with E-state index >= 15 is 0 Å². The molecule has 2 fully saturated rings. The Hall–Kier alpha value is -0.270. The standard InChI is InChI=1S/C16H21Cl2N3O2.2ClH/c17-12-1-2-13(14(18)7-12)15(21-3-5-23-6-4-21)16(22)20-10-11-8-19-9-11;;/h1-2,7,11,15,19H,3-6,8-10H2,(H,20,22);2*1H. The van der Waals surface area contributed by atoms with Crippen molar-refractivity contribution in [2.24, 2.45) is 5.92 Å². The Bertz CT molecular complexity index is 566. The van der Waals surface area contributed by atoms with Gasteiger partial charge in [0.25, 0.3) is 0 Å². The summed E-state index contributed by atoms with van der Waals surface area (Å²) in [4.78, 5) is 14.9. The van der Waals surface area contributed by atoms with Crippen LogP contribution in [0.2, 0.25) is 10.0 Å². The van der Waals surface area contributed by atoms with Gasteiger partial charge in [-0.2, -0.15) is 0 Å². The topological polar surface area (TPSA) is 53.6 Å². The zero-order valence-electron chi connectivity index (χ0n) is 13.7. The van der Waals surface area contributed by atoms with Crippen LogP contribution < -0.4 is 10.6 Å². The molecule has 0 radical (unpaired) electrons. The van der Waals surface area contributed by atoms with E-state index in [4.69, 9.17) is 27.9 Å². The molecule has 25 heavy (non-hydrogen) atoms. The number of morpholine rings is 1. The molecule has 2 heterocycles. The highest BCUT2D eigenvalue weighted by atomic mass is 35.5. The second-order valence-electron chi connectivity index (χ2n) is 5.99. The third-order valence-corrected chi connectivity index (χ3v) is 4.91. The molecule has 2 aliphatic heterocycles. The number of nitrogens with zero attached hydrogens (tertiary/aromatic N) is 1. The van der Waals surface area contributed by atoms with Crippen LogP contribution in [0.25, 0.3) is 0 Å². The van der Waals surface area contributed by atoms with E-state index in [2.05, 4.69) is 15.5 Å². The zero-order valence-corrected chi connectivity index (χ0v) is 16.8. The smallest absolute Gasteiger partial charge is 0.242 e. The predicted molar refractivity (Wildman–Crippen MR) is 105 cm³/mol. The molecular formula is C16H23Cl4N3O2. The number of carbonyl (C=O) groups is 1. The second-order valence-corrected chi connectivity index (χ2v) is 6.83. The molecule has 1 unspecified atom stereocenters. The Kier molecular flexibility index (Phi) is 9.82. The quantitative estimate of drug-likeness (QED) is 0.753. The average molecular weight is 431 g/mol. The number of amides is 1. The van der Waals surface area contributed by atoms with Gasteiger partial charge in [0.05, 0.1) is 13.2 Å². The average Bonchev–Trinajstić information content (AvgIpc) is 2.49. The first-order valence-corrected chi connectivity index (χ1v) is 8.66. The van der Waals surface area contributed by atoms with E-state index < -0.39 is 6.04 Å². The van der Waals surface area contributed by atoms with Gasteiger partial charge < -0.3 is 15.4 Å². The highest BCUT2D eigenvalue weighted by molar-refractivity contribution is 6.35. The summed E-state index contributed by atoms with van der Waals surface area (Å²) in [7, 11) is 0. The number of benzene rings is 1. The van der Waals surface area contributed by atoms with Crippen LogP contribution in [-0.4, -0.2) is 56.7 Å². The number of carbonyl (C=O) groups excluding carboxylic acids is 1. The summed E-state index contributed by atoms with van der Waals surface area (Å²) in [6.45, 7) is 5.29. The molecule has 2 saturated heterocycles. The van der Waals surface area contributed by atoms with E-state index in [9.17, 15) is 4.79 Å². The normalized spacial score (nSPS) is 19.1. The van der Waals surface area contributed by atoms with Gasteiger partial charge in [-0.05, 0) is 17.7 Å². The maximum absolute atomic E-state index is 12.8. The maximum atomic E-state index is 12.8. The summed E-state index contributed by atoms with van der Waals surface area (Å²) in [5.74, 6) is 0.507. The largest absolute Gasteiger partial charge is 0.379 e. The van der Waals surface area contributed by atoms with Gasteiger partial charge in [0.1, 0.15) is 6.04 Å². The van der Waals surface area contributed by atoms with E-state index in [0.29, 0.717) is 48.8 Å². The lowest BCUT2D eigenvalue weighted by molar-refractivity contribution is -0.128. The maximum Gasteiger partial charge on any atom is 0.242 e. The van der Waals surface area contributed by atoms with Crippen LogP contribution in [-0.2, 0) is 9.53 Å². The number of ether oxygens (including phenoxy) is 1. The van der Waals surface area contributed by atoms with Gasteiger partial charge in [-0.1, -0.05) is 29.3 Å². The fourth-order valence-electron chi connectivity index (χ4n) is 2.90. The lowest BCUT2D eigenvalue weighted by atomic mass is 10.0. The first kappa shape index (κ1) is 22.8. The molecule has 1 amide bonds. The minimum absolute atomic E-state index is 0. The molecule has 3 rings (SSSR count). The zero-order chi connectivity index (χ0) is 16.2. The van der Waals surface area contributed by atoms with Crippen molar-refractivity contribution < 1.29 is 9.53 Å². The van der Waals surface area contributed by atoms with E-state index in [1.165, 1.54) is 0 Å². The third-order valence-electron chi connectivity index (χ3n) is 4.35. The lowest BCUT2D eigenvalue weighted by Gasteiger charge is -2.35. The summed E-state index contributed by atoms with van der Waals surface area (Å²) in [6, 6.07) is 4.90. The minimum Gasteiger partial charge on any atom is -0.379 e. The summed E-state index contributed by atoms with van der Waals surface area (Å²) in [6.07, 6.45) is 0. The Labute approximate surface area is 170 Å². The lowest BCUT2D eigenvalue weighted by Crippen LogP contribution is -2.51. The van der Waals surface area contributed by atoms with Crippen molar-refractivity contribution in [3.8, 4) is 0 Å². The van der Waals surface area contributed by atoms with Crippen molar-refractivity contribution in [3.63, 3.8) is 0 Å². The van der Waals surface area contributed by atoms with Crippen molar-refractivity contribution >= 4 is 53.9 Å². The number of halogens is 4. The summed E-state index contributed by atoms with van der Waals surface area (Å²) in [5, 5.41) is 7.37. The minimum atomic E-state index is -0.406. The summed E-state index contributed by atoms with van der Waals surface area (Å²) < 4.78 is 5.40. The van der Waals surface area contributed by atoms with Gasteiger partial charge in [-0.15, -0.1) is 24.8 Å². The van der Waals surface area contributed by atoms with Gasteiger partial charge in [-0.25, -0.2) is 0 Å². The first-order chi connectivity index (χ1) is 11.1. The van der Waals surface area contributed by atoms with Crippen molar-refractivity contribution in [3.05, 3.63) is 33.8 Å². The Morgan fingerprint density at radius 3 is 2.52 bits per heavy atom. The van der Waals surface area contributed by atoms with Crippen LogP contribution in [0.1, 0.15) is 11.6 Å². The monoisotopic (exact) mass is 429 g/mol. The molecule has 1 aromatic rings. The molecule has 0 aromatic heterocycles. The molecule has 0 saturated carbocycles. The first-order valence-electron chi connectivity index (χ1n) is 7.90. The fraction of sp³-hybridized carbons (Fsp3) is 0.562. The highest BCUT2D eigenvalue weighted by Gasteiger charge is 2.31. The van der Waals surface area contributed by atoms with Crippen LogP contribution in [0.5, 0.6) is 0 Å². The fourth-order valence-corrected chi connectivity index (χ4v) is 3.41. The molecule has 0 spiro atoms. The van der Waals surface area contributed by atoms with Gasteiger partial charge in [0.2, 0.25) is 5.91 Å². The van der Waals surface area contributed by atoms with Crippen molar-refractivity contribution in [2.45, 2.75) is 6.04 Å². The Balaban J connectivity index is 0.00000156. The van der Waals surface area contributed by atoms with Gasteiger partial charge in [0, 0.05) is 48.7 Å². The van der Waals surface area contributed by atoms with E-state index in [0.717, 1.165) is 18.7 Å². The number of hydrogen-bond acceptors (Lipinski definition) is 4. The second kappa shape index (κ2) is 10.8. The summed E-state index contributed by atoms with van der Waals surface area (Å²) in [5.41, 5.74) is 0.794. The molecule has 142 valence electrons. The van der Waals surface area contributed by atoms with E-state index in [1.807, 2.05) is 6.07 Å². The van der Waals surface area contributed by atoms with Gasteiger partial charge in [0.15, 0.2) is 0 Å². The van der Waals surface area contributed by atoms with Crippen molar-refractivity contribution in [1.29, 1.82) is 0 Å². The molecular weight excluding hydrogens is 408 g/mol. The van der Waals surface area contributed by atoms with Crippen LogP contribution in [0, 0.1) is 5.92 Å². The van der Waals surface area contributed by atoms with Crippen LogP contribution in [0.15, 0.2) is 18.2 Å². The SMILES string of the molecule is Cl.Cl.O=C(NCC1CNC1)C(c1ccc(Cl)cc1Cl)N1CCOCC1. The van der Waals surface area contributed by atoms with Crippen molar-refractivity contribution in [1.82, 2.24) is 15.5 Å². The number of rotatable bonds is 5. The Morgan fingerprint density at radius 2 is 1.96 bits per heavy atom. The third kappa shape index (κ3) is 5.86. The molecule has 2 aliphatic rings. The number of nitrogens with one attached hydrogen (secondary N) is 2. The predicted octanol–water partition coefficient (Wildman–Crippen LogP) is 2.55. The molecule has 0 aliphatic carbocycles. The van der Waals surface area contributed by atoms with Crippen LogP contribution in [0.4, 0.5) is 0 Å². The molecule has 9 heteroatoms. The molecule has 2 N–H and O–H groups in total. The molecule has 1 aromatic carbocycles. The van der Waals surface area contributed by atoms with Crippen LogP contribution in [0.3, 0.4) is 0 Å². The van der Waals surface area contributed by atoms with E-state index in [1.54, 1.807) is 12.1 Å². The molecule has 5 nitrogen and oxygen atoms in total. The van der Waals surface area contributed by atoms with Crippen molar-refractivity contribution in [2.75, 3.05) is 45.9 Å². The molecule has 0 bridgehead atoms.